The van der Waals surface area contributed by atoms with E-state index < -0.39 is 6.10 Å². The molecular weight excluding hydrogens is 316 g/mol. The van der Waals surface area contributed by atoms with Gasteiger partial charge in [0.05, 0.1) is 17.1 Å². The highest BCUT2D eigenvalue weighted by Crippen LogP contribution is 2.18. The number of hydrogen-bond acceptors (Lipinski definition) is 3. The smallest absolute Gasteiger partial charge is 0.240 e. The first-order valence-electron chi connectivity index (χ1n) is 8.57. The number of rotatable bonds is 6. The van der Waals surface area contributed by atoms with E-state index in [9.17, 15) is 14.7 Å². The Morgan fingerprint density at radius 3 is 2.20 bits per heavy atom. The first-order valence-corrected chi connectivity index (χ1v) is 8.57. The van der Waals surface area contributed by atoms with Crippen LogP contribution >= 0.6 is 0 Å². The number of aliphatic hydroxyl groups excluding tert-OH is 1. The Labute approximate surface area is 145 Å². The molecule has 0 aliphatic heterocycles. The lowest BCUT2D eigenvalue weighted by molar-refractivity contribution is -0.122. The third-order valence-corrected chi connectivity index (χ3v) is 4.34. The van der Waals surface area contributed by atoms with Gasteiger partial charge in [-0.15, -0.1) is 0 Å². The maximum Gasteiger partial charge on any atom is 0.240 e. The van der Waals surface area contributed by atoms with Crippen molar-refractivity contribution in [2.24, 2.45) is 0 Å². The van der Waals surface area contributed by atoms with E-state index in [1.165, 1.54) is 0 Å². The Kier molecular flexibility index (Phi) is 5.14. The molecular formula is C20H22N2O3. The quantitative estimate of drug-likeness (QED) is 0.678. The number of nitrogens with one attached hydrogen (secondary N) is 1. The summed E-state index contributed by atoms with van der Waals surface area (Å²) in [5, 5.41) is 13.7. The molecule has 0 fully saturated rings. The van der Waals surface area contributed by atoms with Crippen LogP contribution < -0.4 is 10.7 Å². The Bertz CT molecular complexity index is 902. The summed E-state index contributed by atoms with van der Waals surface area (Å²) in [5.41, 5.74) is 1.44. The van der Waals surface area contributed by atoms with Crippen molar-refractivity contribution in [3.05, 3.63) is 58.8 Å². The third kappa shape index (κ3) is 3.56. The number of fused-ring (bicyclic) bond motifs is 2. The van der Waals surface area contributed by atoms with Crippen LogP contribution in [0.25, 0.3) is 21.8 Å². The summed E-state index contributed by atoms with van der Waals surface area (Å²) in [6, 6.07) is 14.6. The van der Waals surface area contributed by atoms with Crippen LogP contribution in [0.15, 0.2) is 53.3 Å². The molecule has 0 saturated heterocycles. The van der Waals surface area contributed by atoms with Crippen LogP contribution in [0.2, 0.25) is 0 Å². The van der Waals surface area contributed by atoms with Gasteiger partial charge < -0.3 is 15.0 Å². The molecule has 2 aromatic carbocycles. The van der Waals surface area contributed by atoms with Crippen molar-refractivity contribution in [1.29, 1.82) is 0 Å². The number of para-hydroxylation sites is 2. The number of nitrogens with zero attached hydrogens (tertiary/aromatic N) is 1. The molecule has 1 amide bonds. The van der Waals surface area contributed by atoms with Gasteiger partial charge in [0.15, 0.2) is 5.43 Å². The van der Waals surface area contributed by atoms with Crippen LogP contribution in [0, 0.1) is 0 Å². The Morgan fingerprint density at radius 1 is 1.08 bits per heavy atom. The molecule has 0 bridgehead atoms. The predicted molar refractivity (Wildman–Crippen MR) is 99.6 cm³/mol. The molecule has 3 aromatic rings. The van der Waals surface area contributed by atoms with Crippen LogP contribution in [0.5, 0.6) is 0 Å². The molecule has 1 atom stereocenters. The molecule has 0 aliphatic rings. The fourth-order valence-electron chi connectivity index (χ4n) is 3.11. The Balaban J connectivity index is 1.98. The fourth-order valence-corrected chi connectivity index (χ4v) is 3.11. The SMILES string of the molecule is CCCC(O)CNC(=O)Cn1c2ccccc2c(=O)c2ccccc21. The van der Waals surface area contributed by atoms with Gasteiger partial charge in [-0.05, 0) is 30.7 Å². The zero-order valence-electron chi connectivity index (χ0n) is 14.2. The molecule has 1 aromatic heterocycles. The van der Waals surface area contributed by atoms with Crippen molar-refractivity contribution in [2.45, 2.75) is 32.4 Å². The van der Waals surface area contributed by atoms with E-state index in [0.29, 0.717) is 17.2 Å². The average Bonchev–Trinajstić information content (AvgIpc) is 2.64. The summed E-state index contributed by atoms with van der Waals surface area (Å²) in [5.74, 6) is -0.186. The van der Waals surface area contributed by atoms with Gasteiger partial charge in [-0.1, -0.05) is 37.6 Å². The monoisotopic (exact) mass is 338 g/mol. The highest BCUT2D eigenvalue weighted by atomic mass is 16.3. The molecule has 0 aliphatic carbocycles. The molecule has 0 radical (unpaired) electrons. The predicted octanol–water partition coefficient (Wildman–Crippen LogP) is 2.43. The van der Waals surface area contributed by atoms with Gasteiger partial charge in [0.2, 0.25) is 5.91 Å². The summed E-state index contributed by atoms with van der Waals surface area (Å²) in [6.45, 7) is 2.33. The van der Waals surface area contributed by atoms with E-state index in [0.717, 1.165) is 17.5 Å². The first kappa shape index (κ1) is 17.2. The van der Waals surface area contributed by atoms with E-state index in [1.807, 2.05) is 47.9 Å². The lowest BCUT2D eigenvalue weighted by atomic mass is 10.1. The summed E-state index contributed by atoms with van der Waals surface area (Å²) < 4.78 is 1.85. The van der Waals surface area contributed by atoms with Gasteiger partial charge in [-0.3, -0.25) is 9.59 Å². The third-order valence-electron chi connectivity index (χ3n) is 4.34. The number of hydrogen-bond donors (Lipinski definition) is 2. The number of aliphatic hydroxyl groups is 1. The summed E-state index contributed by atoms with van der Waals surface area (Å²) in [4.78, 5) is 25.0. The van der Waals surface area contributed by atoms with E-state index in [1.54, 1.807) is 12.1 Å². The molecule has 5 nitrogen and oxygen atoms in total. The normalized spacial score (nSPS) is 12.4. The topological polar surface area (TPSA) is 71.3 Å². The van der Waals surface area contributed by atoms with Crippen LogP contribution in [-0.4, -0.2) is 28.2 Å². The fraction of sp³-hybridized carbons (Fsp3) is 0.300. The lowest BCUT2D eigenvalue weighted by Gasteiger charge is -2.16. The van der Waals surface area contributed by atoms with E-state index >= 15 is 0 Å². The molecule has 0 spiro atoms. The zero-order valence-corrected chi connectivity index (χ0v) is 14.2. The molecule has 130 valence electrons. The zero-order chi connectivity index (χ0) is 17.8. The second kappa shape index (κ2) is 7.49. The van der Waals surface area contributed by atoms with Crippen molar-refractivity contribution in [2.75, 3.05) is 6.54 Å². The van der Waals surface area contributed by atoms with Gasteiger partial charge in [-0.2, -0.15) is 0 Å². The minimum absolute atomic E-state index is 0.0266. The molecule has 1 unspecified atom stereocenters. The maximum atomic E-state index is 12.7. The molecule has 3 rings (SSSR count). The van der Waals surface area contributed by atoms with Crippen LogP contribution in [-0.2, 0) is 11.3 Å². The number of pyridine rings is 1. The van der Waals surface area contributed by atoms with E-state index in [-0.39, 0.29) is 24.4 Å². The molecule has 5 heteroatoms. The van der Waals surface area contributed by atoms with Gasteiger partial charge in [0, 0.05) is 17.3 Å². The summed E-state index contributed by atoms with van der Waals surface area (Å²) in [7, 11) is 0. The number of aromatic nitrogens is 1. The number of benzene rings is 2. The van der Waals surface area contributed by atoms with Gasteiger partial charge in [0.1, 0.15) is 6.54 Å². The molecule has 1 heterocycles. The van der Waals surface area contributed by atoms with E-state index in [2.05, 4.69) is 5.32 Å². The largest absolute Gasteiger partial charge is 0.391 e. The highest BCUT2D eigenvalue weighted by Gasteiger charge is 2.13. The van der Waals surface area contributed by atoms with Crippen molar-refractivity contribution < 1.29 is 9.90 Å². The van der Waals surface area contributed by atoms with Gasteiger partial charge in [-0.25, -0.2) is 0 Å². The van der Waals surface area contributed by atoms with Crippen LogP contribution in [0.4, 0.5) is 0 Å². The lowest BCUT2D eigenvalue weighted by Crippen LogP contribution is -2.34. The number of amides is 1. The van der Waals surface area contributed by atoms with Gasteiger partial charge in [0.25, 0.3) is 0 Å². The maximum absolute atomic E-state index is 12.7. The average molecular weight is 338 g/mol. The molecule has 2 N–H and O–H groups in total. The van der Waals surface area contributed by atoms with E-state index in [4.69, 9.17) is 0 Å². The highest BCUT2D eigenvalue weighted by molar-refractivity contribution is 5.94. The van der Waals surface area contributed by atoms with Crippen LogP contribution in [0.1, 0.15) is 19.8 Å². The molecule has 25 heavy (non-hydrogen) atoms. The summed E-state index contributed by atoms with van der Waals surface area (Å²) in [6.07, 6.45) is 0.993. The second-order valence-electron chi connectivity index (χ2n) is 6.20. The Morgan fingerprint density at radius 2 is 1.64 bits per heavy atom. The minimum Gasteiger partial charge on any atom is -0.391 e. The Hall–Kier alpha value is -2.66. The molecule has 0 saturated carbocycles. The van der Waals surface area contributed by atoms with Crippen molar-refractivity contribution in [3.63, 3.8) is 0 Å². The summed E-state index contributed by atoms with van der Waals surface area (Å²) >= 11 is 0. The number of carbonyl (C=O) groups excluding carboxylic acids is 1. The minimum atomic E-state index is -0.531. The van der Waals surface area contributed by atoms with Crippen molar-refractivity contribution >= 4 is 27.7 Å². The van der Waals surface area contributed by atoms with Crippen LogP contribution in [0.3, 0.4) is 0 Å². The standard InChI is InChI=1S/C20H22N2O3/c1-2-7-14(23)12-21-19(24)13-22-17-10-5-3-8-15(17)20(25)16-9-4-6-11-18(16)22/h3-6,8-11,14,23H,2,7,12-13H2,1H3,(H,21,24). The van der Waals surface area contributed by atoms with Gasteiger partial charge >= 0.3 is 0 Å². The first-order chi connectivity index (χ1) is 12.1. The second-order valence-corrected chi connectivity index (χ2v) is 6.20. The van der Waals surface area contributed by atoms with Crippen molar-refractivity contribution in [1.82, 2.24) is 9.88 Å². The van der Waals surface area contributed by atoms with Crippen molar-refractivity contribution in [3.8, 4) is 0 Å². The number of carbonyl (C=O) groups is 1.